The fourth-order valence-corrected chi connectivity index (χ4v) is 10.6. The highest BCUT2D eigenvalue weighted by molar-refractivity contribution is 7.90. The predicted molar refractivity (Wildman–Crippen MR) is 309 cm³/mol. The number of benzene rings is 2. The fourth-order valence-electron chi connectivity index (χ4n) is 10.1. The molecule has 0 saturated carbocycles. The average Bonchev–Trinajstić information content (AvgIpc) is 1.68. The van der Waals surface area contributed by atoms with Crippen LogP contribution in [0.2, 0.25) is 0 Å². The standard InChI is InChI=1S/C58H70FN13O12S/c1-8-58(80)41-23-46-52-39(28-72(46)55(78)40(41)30-84-56(58)79)50(38-22-34(4)42(59)24-44(38)65-52)35-16-18-37(19-17-35)64-49(75)31-83-32-63-48(74)27-60-53(76)43(14-11-13-20-70(5)6)66-54(77)51(33(2)3)67-47(73)15-10-9-12-21-71-29-45(68-69-71)36-25-61-57(62-26-36)85(7,81)82/h16-19,22-26,29,33,43,51,80H,8-15,20-21,27-28,30-32H2,1-7H3,(H,60,76)(H,63,74)(H,64,75)(H,66,77)(H,67,73)/t43-,51-,58-/m0/s1. The molecule has 2 aliphatic rings. The van der Waals surface area contributed by atoms with Gasteiger partial charge in [-0.2, -0.15) is 0 Å². The van der Waals surface area contributed by atoms with Crippen molar-refractivity contribution in [1.82, 2.24) is 60.7 Å². The van der Waals surface area contributed by atoms with Crippen molar-refractivity contribution in [2.24, 2.45) is 5.92 Å². The molecule has 0 radical (unpaired) electrons. The number of pyridine rings is 2. The third-order valence-electron chi connectivity index (χ3n) is 14.8. The van der Waals surface area contributed by atoms with Crippen molar-refractivity contribution < 1.29 is 56.2 Å². The molecule has 6 aromatic rings. The number of halogens is 1. The average molecular weight is 1190 g/mol. The molecule has 85 heavy (non-hydrogen) atoms. The molecule has 0 aliphatic carbocycles. The first-order chi connectivity index (χ1) is 40.4. The summed E-state index contributed by atoms with van der Waals surface area (Å²) in [4.78, 5) is 108. The summed E-state index contributed by atoms with van der Waals surface area (Å²) in [6, 6.07) is 9.48. The number of nitrogens with one attached hydrogen (secondary N) is 5. The van der Waals surface area contributed by atoms with Gasteiger partial charge in [0.05, 0.1) is 41.8 Å². The van der Waals surface area contributed by atoms with Gasteiger partial charge in [0.2, 0.25) is 44.5 Å². The van der Waals surface area contributed by atoms with Crippen molar-refractivity contribution >= 4 is 61.9 Å². The van der Waals surface area contributed by atoms with E-state index in [1.165, 1.54) is 23.0 Å². The maximum absolute atomic E-state index is 15.1. The van der Waals surface area contributed by atoms with Crippen molar-refractivity contribution in [2.75, 3.05) is 52.1 Å². The largest absolute Gasteiger partial charge is 0.458 e. The monoisotopic (exact) mass is 1190 g/mol. The van der Waals surface area contributed by atoms with E-state index in [9.17, 15) is 47.1 Å². The fraction of sp³-hybridized carbons (Fsp3) is 0.448. The highest BCUT2D eigenvalue weighted by Gasteiger charge is 2.45. The number of nitrogens with zero attached hydrogens (tertiary/aromatic N) is 8. The Bertz CT molecular complexity index is 3690. The van der Waals surface area contributed by atoms with Gasteiger partial charge in [-0.05, 0) is 113 Å². The molecule has 2 aromatic carbocycles. The maximum atomic E-state index is 15.1. The van der Waals surface area contributed by atoms with Crippen LogP contribution < -0.4 is 32.1 Å². The Morgan fingerprint density at radius 2 is 1.65 bits per heavy atom. The number of hydrogen-bond acceptors (Lipinski definition) is 18. The number of fused-ring (bicyclic) bond motifs is 5. The summed E-state index contributed by atoms with van der Waals surface area (Å²) < 4.78 is 52.2. The number of carbonyl (C=O) groups excluding carboxylic acids is 6. The third kappa shape index (κ3) is 14.9. The molecule has 6 heterocycles. The van der Waals surface area contributed by atoms with Crippen LogP contribution in [0, 0.1) is 18.7 Å². The zero-order chi connectivity index (χ0) is 61.3. The molecule has 0 saturated heterocycles. The number of aromatic nitrogens is 7. The van der Waals surface area contributed by atoms with Crippen LogP contribution in [0.25, 0.3) is 44.7 Å². The first-order valence-electron chi connectivity index (χ1n) is 27.9. The first kappa shape index (κ1) is 62.6. The molecule has 0 unspecified atom stereocenters. The van der Waals surface area contributed by atoms with E-state index in [4.69, 9.17) is 14.5 Å². The second-order valence-corrected chi connectivity index (χ2v) is 23.7. The number of amides is 5. The maximum Gasteiger partial charge on any atom is 0.343 e. The number of sulfone groups is 1. The Kier molecular flexibility index (Phi) is 20.0. The minimum atomic E-state index is -3.54. The molecule has 8 rings (SSSR count). The van der Waals surface area contributed by atoms with E-state index in [0.29, 0.717) is 93.7 Å². The number of ether oxygens (including phenoxy) is 2. The molecule has 0 spiro atoms. The van der Waals surface area contributed by atoms with Gasteiger partial charge >= 0.3 is 5.97 Å². The van der Waals surface area contributed by atoms with E-state index in [2.05, 4.69) is 46.9 Å². The minimum Gasteiger partial charge on any atom is -0.458 e. The molecule has 4 aromatic heterocycles. The van der Waals surface area contributed by atoms with Crippen molar-refractivity contribution in [2.45, 2.75) is 122 Å². The van der Waals surface area contributed by atoms with Gasteiger partial charge in [0.1, 0.15) is 43.5 Å². The summed E-state index contributed by atoms with van der Waals surface area (Å²) in [7, 11) is 0.299. The molecule has 27 heteroatoms. The molecule has 452 valence electrons. The molecular formula is C58H70FN13O12S. The molecule has 2 aliphatic heterocycles. The molecule has 25 nitrogen and oxygen atoms in total. The van der Waals surface area contributed by atoms with Gasteiger partial charge in [-0.3, -0.25) is 33.4 Å². The lowest BCUT2D eigenvalue weighted by molar-refractivity contribution is -0.172. The van der Waals surface area contributed by atoms with Crippen LogP contribution in [-0.4, -0.2) is 147 Å². The molecule has 0 bridgehead atoms. The van der Waals surface area contributed by atoms with E-state index in [-0.39, 0.29) is 67.3 Å². The number of cyclic esters (lactones) is 1. The number of aryl methyl sites for hydroxylation is 2. The summed E-state index contributed by atoms with van der Waals surface area (Å²) in [6.07, 6.45) is 8.99. The van der Waals surface area contributed by atoms with Crippen molar-refractivity contribution in [3.05, 3.63) is 99.5 Å². The molecule has 5 amide bonds. The Labute approximate surface area is 489 Å². The zero-order valence-corrected chi connectivity index (χ0v) is 49.2. The topological polar surface area (TPSA) is 330 Å². The second-order valence-electron chi connectivity index (χ2n) is 21.8. The van der Waals surface area contributed by atoms with Gasteiger partial charge in [0.15, 0.2) is 5.60 Å². The van der Waals surface area contributed by atoms with E-state index in [1.807, 2.05) is 19.0 Å². The highest BCUT2D eigenvalue weighted by Crippen LogP contribution is 2.44. The smallest absolute Gasteiger partial charge is 0.343 e. The summed E-state index contributed by atoms with van der Waals surface area (Å²) in [6.45, 7) is 6.57. The minimum absolute atomic E-state index is 0.0311. The lowest BCUT2D eigenvalue weighted by atomic mass is 9.86. The number of hydrogen-bond donors (Lipinski definition) is 6. The summed E-state index contributed by atoms with van der Waals surface area (Å²) in [5.74, 6) is -4.31. The van der Waals surface area contributed by atoms with Crippen molar-refractivity contribution in [1.29, 1.82) is 0 Å². The van der Waals surface area contributed by atoms with Crippen LogP contribution in [0.4, 0.5) is 10.1 Å². The van der Waals surface area contributed by atoms with E-state index in [1.54, 1.807) is 75.0 Å². The van der Waals surface area contributed by atoms with Gasteiger partial charge in [-0.15, -0.1) is 5.10 Å². The van der Waals surface area contributed by atoms with E-state index in [0.717, 1.165) is 19.2 Å². The zero-order valence-electron chi connectivity index (χ0n) is 48.4. The predicted octanol–water partition coefficient (Wildman–Crippen LogP) is 3.41. The number of aliphatic hydroxyl groups is 1. The van der Waals surface area contributed by atoms with E-state index >= 15 is 4.39 Å². The third-order valence-corrected chi connectivity index (χ3v) is 15.7. The summed E-state index contributed by atoms with van der Waals surface area (Å²) in [5.41, 5.74) is 2.69. The lowest BCUT2D eigenvalue weighted by Crippen LogP contribution is -2.56. The Morgan fingerprint density at radius 3 is 2.34 bits per heavy atom. The number of esters is 1. The van der Waals surface area contributed by atoms with Crippen LogP contribution in [0.15, 0.2) is 71.0 Å². The number of unbranched alkanes of at least 4 members (excludes halogenated alkanes) is 3. The SMILES string of the molecule is CC[C@@]1(O)C(=O)OCc2c1cc1n(c2=O)Cc2c-1nc1cc(F)c(C)cc1c2-c1ccc(NC(=O)COCNC(=O)CNC(=O)[C@H](CCCCN(C)C)NC(=O)[C@@H](NC(=O)CCCCCn2cc(-c3cnc(S(C)(=O)=O)nc3)nn2)C(C)C)cc1. The van der Waals surface area contributed by atoms with Crippen LogP contribution >= 0.6 is 0 Å². The number of rotatable bonds is 27. The summed E-state index contributed by atoms with van der Waals surface area (Å²) >= 11 is 0. The Balaban J connectivity index is 0.797. The molecular weight excluding hydrogens is 1120 g/mol. The quantitative estimate of drug-likeness (QED) is 0.0186. The van der Waals surface area contributed by atoms with Gasteiger partial charge in [0.25, 0.3) is 5.56 Å². The van der Waals surface area contributed by atoms with Gasteiger partial charge < -0.3 is 50.6 Å². The normalized spacial score (nSPS) is 15.2. The van der Waals surface area contributed by atoms with Gasteiger partial charge in [-0.25, -0.2) is 32.6 Å². The molecule has 6 N–H and O–H groups in total. The summed E-state index contributed by atoms with van der Waals surface area (Å²) in [5, 5.41) is 33.4. The van der Waals surface area contributed by atoms with Crippen molar-refractivity contribution in [3.63, 3.8) is 0 Å². The van der Waals surface area contributed by atoms with Gasteiger partial charge in [0, 0.05) is 65.4 Å². The van der Waals surface area contributed by atoms with Crippen molar-refractivity contribution in [3.8, 4) is 33.8 Å². The van der Waals surface area contributed by atoms with E-state index < -0.39 is 81.6 Å². The van der Waals surface area contributed by atoms with Crippen LogP contribution in [-0.2, 0) is 73.4 Å². The Hall–Kier alpha value is -8.40. The molecule has 0 fully saturated rings. The first-order valence-corrected chi connectivity index (χ1v) is 29.8. The van der Waals surface area contributed by atoms with Crippen LogP contribution in [0.1, 0.15) is 94.4 Å². The lowest BCUT2D eigenvalue weighted by Gasteiger charge is -2.31. The van der Waals surface area contributed by atoms with Gasteiger partial charge in [-0.1, -0.05) is 44.5 Å². The Morgan fingerprint density at radius 1 is 0.906 bits per heavy atom. The van der Waals surface area contributed by atoms with Crippen LogP contribution in [0.3, 0.4) is 0 Å². The second kappa shape index (κ2) is 27.1. The highest BCUT2D eigenvalue weighted by atomic mass is 32.2. The number of carbonyl (C=O) groups is 6. The molecule has 3 atom stereocenters. The number of anilines is 1. The van der Waals surface area contributed by atoms with Crippen LogP contribution in [0.5, 0.6) is 0 Å².